The van der Waals surface area contributed by atoms with Gasteiger partial charge in [0.05, 0.1) is 0 Å². The maximum Gasteiger partial charge on any atom is 0.374 e. The van der Waals surface area contributed by atoms with Gasteiger partial charge >= 0.3 is 5.97 Å². The zero-order chi connectivity index (χ0) is 16.9. The molecule has 0 bridgehead atoms. The summed E-state index contributed by atoms with van der Waals surface area (Å²) in [6, 6.07) is 18.2. The number of anilines is 1. The Morgan fingerprint density at radius 1 is 1.04 bits per heavy atom. The Kier molecular flexibility index (Phi) is 4.61. The minimum absolute atomic E-state index is 0.0896. The number of carbonyl (C=O) groups excluding carboxylic acids is 2. The van der Waals surface area contributed by atoms with Crippen LogP contribution in [0.3, 0.4) is 0 Å². The number of esters is 1. The van der Waals surface area contributed by atoms with Crippen LogP contribution < -0.4 is 4.90 Å². The van der Waals surface area contributed by atoms with Gasteiger partial charge in [-0.2, -0.15) is 0 Å². The zero-order valence-corrected chi connectivity index (χ0v) is 13.3. The number of fused-ring (bicyclic) bond motifs is 1. The Morgan fingerprint density at radius 2 is 1.75 bits per heavy atom. The van der Waals surface area contributed by atoms with Crippen molar-refractivity contribution >= 4 is 28.5 Å². The molecule has 1 heterocycles. The average Bonchev–Trinajstić information content (AvgIpc) is 3.05. The van der Waals surface area contributed by atoms with Crippen molar-refractivity contribution in [2.75, 3.05) is 18.1 Å². The highest BCUT2D eigenvalue weighted by molar-refractivity contribution is 5.97. The molecule has 0 atom stereocenters. The van der Waals surface area contributed by atoms with Crippen molar-refractivity contribution in [3.05, 3.63) is 66.4 Å². The normalized spacial score (nSPS) is 10.5. The lowest BCUT2D eigenvalue weighted by atomic mass is 10.2. The topological polar surface area (TPSA) is 59.8 Å². The molecule has 24 heavy (non-hydrogen) atoms. The lowest BCUT2D eigenvalue weighted by Crippen LogP contribution is -2.34. The van der Waals surface area contributed by atoms with Gasteiger partial charge in [0, 0.05) is 17.6 Å². The van der Waals surface area contributed by atoms with Gasteiger partial charge in [0.15, 0.2) is 6.61 Å². The molecule has 0 spiro atoms. The van der Waals surface area contributed by atoms with Gasteiger partial charge in [-0.25, -0.2) is 4.79 Å². The van der Waals surface area contributed by atoms with Crippen LogP contribution in [0.25, 0.3) is 11.0 Å². The molecule has 0 saturated heterocycles. The summed E-state index contributed by atoms with van der Waals surface area (Å²) < 4.78 is 10.5. The van der Waals surface area contributed by atoms with E-state index in [1.165, 1.54) is 0 Å². The quantitative estimate of drug-likeness (QED) is 0.673. The van der Waals surface area contributed by atoms with Crippen LogP contribution in [0.5, 0.6) is 0 Å². The second kappa shape index (κ2) is 7.00. The molecule has 3 aromatic rings. The van der Waals surface area contributed by atoms with Crippen molar-refractivity contribution in [2.45, 2.75) is 6.92 Å². The Balaban J connectivity index is 1.65. The van der Waals surface area contributed by atoms with E-state index in [1.807, 2.05) is 55.5 Å². The highest BCUT2D eigenvalue weighted by Crippen LogP contribution is 2.19. The largest absolute Gasteiger partial charge is 0.450 e. The maximum absolute atomic E-state index is 12.3. The van der Waals surface area contributed by atoms with Crippen LogP contribution in [-0.4, -0.2) is 25.0 Å². The number of carbonyl (C=O) groups is 2. The molecule has 0 radical (unpaired) electrons. The lowest BCUT2D eigenvalue weighted by molar-refractivity contribution is -0.121. The van der Waals surface area contributed by atoms with E-state index in [2.05, 4.69) is 0 Å². The summed E-state index contributed by atoms with van der Waals surface area (Å²) in [6.07, 6.45) is 0. The first kappa shape index (κ1) is 15.8. The van der Waals surface area contributed by atoms with Crippen LogP contribution in [0.2, 0.25) is 0 Å². The van der Waals surface area contributed by atoms with E-state index in [4.69, 9.17) is 9.15 Å². The molecular formula is C19H17NO4. The summed E-state index contributed by atoms with van der Waals surface area (Å²) in [4.78, 5) is 25.9. The summed E-state index contributed by atoms with van der Waals surface area (Å²) in [7, 11) is 0. The Morgan fingerprint density at radius 3 is 2.46 bits per heavy atom. The van der Waals surface area contributed by atoms with Crippen LogP contribution in [0, 0.1) is 0 Å². The summed E-state index contributed by atoms with van der Waals surface area (Å²) in [5.74, 6) is -0.844. The number of amides is 1. The third kappa shape index (κ3) is 3.30. The van der Waals surface area contributed by atoms with Gasteiger partial charge in [-0.05, 0) is 31.2 Å². The van der Waals surface area contributed by atoms with Gasteiger partial charge in [0.1, 0.15) is 5.58 Å². The zero-order valence-electron chi connectivity index (χ0n) is 13.3. The van der Waals surface area contributed by atoms with Crippen molar-refractivity contribution in [3.8, 4) is 0 Å². The molecular weight excluding hydrogens is 306 g/mol. The van der Waals surface area contributed by atoms with E-state index in [0.29, 0.717) is 12.1 Å². The van der Waals surface area contributed by atoms with Crippen LogP contribution in [0.4, 0.5) is 5.69 Å². The molecule has 1 aromatic heterocycles. The molecule has 0 aliphatic carbocycles. The minimum Gasteiger partial charge on any atom is -0.450 e. The first-order valence-electron chi connectivity index (χ1n) is 7.70. The molecule has 0 N–H and O–H groups in total. The van der Waals surface area contributed by atoms with Crippen LogP contribution >= 0.6 is 0 Å². The summed E-state index contributed by atoms with van der Waals surface area (Å²) in [5, 5.41) is 0.815. The highest BCUT2D eigenvalue weighted by atomic mass is 16.5. The number of rotatable bonds is 5. The Bertz CT molecular complexity index is 821. The number of benzene rings is 2. The molecule has 5 heteroatoms. The number of hydrogen-bond acceptors (Lipinski definition) is 4. The van der Waals surface area contributed by atoms with Gasteiger partial charge in [-0.3, -0.25) is 4.79 Å². The van der Waals surface area contributed by atoms with Gasteiger partial charge in [0.25, 0.3) is 5.91 Å². The van der Waals surface area contributed by atoms with Crippen molar-refractivity contribution in [3.63, 3.8) is 0 Å². The van der Waals surface area contributed by atoms with Gasteiger partial charge in [-0.15, -0.1) is 0 Å². The van der Waals surface area contributed by atoms with Crippen molar-refractivity contribution in [1.82, 2.24) is 0 Å². The molecule has 0 aliphatic heterocycles. The monoisotopic (exact) mass is 323 g/mol. The van der Waals surface area contributed by atoms with Crippen LogP contribution in [-0.2, 0) is 9.53 Å². The summed E-state index contributed by atoms with van der Waals surface area (Å²) in [5.41, 5.74) is 1.38. The number of likely N-dealkylation sites (N-methyl/N-ethyl adjacent to an activating group) is 1. The predicted octanol–water partition coefficient (Wildman–Crippen LogP) is 3.64. The summed E-state index contributed by atoms with van der Waals surface area (Å²) in [6.45, 7) is 2.02. The standard InChI is InChI=1S/C19H17NO4/c1-2-20(15-9-4-3-5-10-15)18(21)13-23-19(22)17-12-14-8-6-7-11-16(14)24-17/h3-12H,2,13H2,1H3. The number of hydrogen-bond donors (Lipinski definition) is 0. The first-order valence-corrected chi connectivity index (χ1v) is 7.70. The molecule has 0 aliphatic rings. The Labute approximate surface area is 139 Å². The Hall–Kier alpha value is -3.08. The van der Waals surface area contributed by atoms with Crippen molar-refractivity contribution in [1.29, 1.82) is 0 Å². The van der Waals surface area contributed by atoms with E-state index in [-0.39, 0.29) is 18.3 Å². The number of para-hydroxylation sites is 2. The molecule has 2 aromatic carbocycles. The molecule has 5 nitrogen and oxygen atoms in total. The summed E-state index contributed by atoms with van der Waals surface area (Å²) >= 11 is 0. The number of ether oxygens (including phenoxy) is 1. The lowest BCUT2D eigenvalue weighted by Gasteiger charge is -2.20. The number of nitrogens with zero attached hydrogens (tertiary/aromatic N) is 1. The number of furan rings is 1. The minimum atomic E-state index is -0.649. The van der Waals surface area contributed by atoms with Gasteiger partial charge in [0.2, 0.25) is 5.76 Å². The van der Waals surface area contributed by atoms with Crippen LogP contribution in [0.1, 0.15) is 17.5 Å². The third-order valence-electron chi connectivity index (χ3n) is 3.64. The molecule has 3 rings (SSSR count). The smallest absolute Gasteiger partial charge is 0.374 e. The highest BCUT2D eigenvalue weighted by Gasteiger charge is 2.18. The predicted molar refractivity (Wildman–Crippen MR) is 91.0 cm³/mol. The third-order valence-corrected chi connectivity index (χ3v) is 3.64. The van der Waals surface area contributed by atoms with Crippen molar-refractivity contribution < 1.29 is 18.7 Å². The van der Waals surface area contributed by atoms with E-state index in [9.17, 15) is 9.59 Å². The van der Waals surface area contributed by atoms with E-state index in [1.54, 1.807) is 17.0 Å². The fraction of sp³-hybridized carbons (Fsp3) is 0.158. The fourth-order valence-electron chi connectivity index (χ4n) is 2.47. The second-order valence-corrected chi connectivity index (χ2v) is 5.20. The second-order valence-electron chi connectivity index (χ2n) is 5.20. The maximum atomic E-state index is 12.3. The molecule has 0 unspecified atom stereocenters. The first-order chi connectivity index (χ1) is 11.7. The molecule has 0 fully saturated rings. The van der Waals surface area contributed by atoms with E-state index >= 15 is 0 Å². The van der Waals surface area contributed by atoms with Crippen LogP contribution in [0.15, 0.2) is 65.1 Å². The van der Waals surface area contributed by atoms with Crippen molar-refractivity contribution in [2.24, 2.45) is 0 Å². The van der Waals surface area contributed by atoms with Gasteiger partial charge < -0.3 is 14.1 Å². The molecule has 122 valence electrons. The SMILES string of the molecule is CCN(C(=O)COC(=O)c1cc2ccccc2o1)c1ccccc1. The van der Waals surface area contributed by atoms with Gasteiger partial charge in [-0.1, -0.05) is 36.4 Å². The van der Waals surface area contributed by atoms with E-state index in [0.717, 1.165) is 11.1 Å². The fourth-order valence-corrected chi connectivity index (χ4v) is 2.47. The molecule has 1 amide bonds. The molecule has 0 saturated carbocycles. The average molecular weight is 323 g/mol. The van der Waals surface area contributed by atoms with E-state index < -0.39 is 5.97 Å².